The summed E-state index contributed by atoms with van der Waals surface area (Å²) in [6.45, 7) is 0. The molecule has 15 heavy (non-hydrogen) atoms. The molecule has 0 amide bonds. The van der Waals surface area contributed by atoms with Crippen LogP contribution in [0.1, 0.15) is 0 Å². The third-order valence-corrected chi connectivity index (χ3v) is 5.13. The van der Waals surface area contributed by atoms with Crippen LogP contribution in [0, 0.1) is 0 Å². The van der Waals surface area contributed by atoms with E-state index in [9.17, 15) is 0 Å². The Balaban J connectivity index is 0.000000853. The van der Waals surface area contributed by atoms with Gasteiger partial charge in [0.05, 0.1) is 0 Å². The van der Waals surface area contributed by atoms with Crippen LogP contribution in [0.2, 0.25) is 0 Å². The van der Waals surface area contributed by atoms with Crippen molar-refractivity contribution in [1.29, 1.82) is 0 Å². The molecular formula is C12H10AsNaO. The van der Waals surface area contributed by atoms with Gasteiger partial charge in [-0.15, -0.1) is 0 Å². The second kappa shape index (κ2) is 4.76. The van der Waals surface area contributed by atoms with Gasteiger partial charge in [-0.1, -0.05) is 0 Å². The van der Waals surface area contributed by atoms with Gasteiger partial charge in [-0.3, -0.25) is 0 Å². The van der Waals surface area contributed by atoms with Gasteiger partial charge in [0.25, 0.3) is 0 Å². The number of benzene rings is 2. The van der Waals surface area contributed by atoms with Crippen LogP contribution in [-0.4, -0.2) is 45.3 Å². The molecule has 1 aliphatic heterocycles. The number of rotatable bonds is 0. The molecule has 0 spiro atoms. The zero-order valence-corrected chi connectivity index (χ0v) is 9.63. The van der Waals surface area contributed by atoms with Gasteiger partial charge in [0.15, 0.2) is 0 Å². The van der Waals surface area contributed by atoms with Crippen LogP contribution in [0.15, 0.2) is 48.5 Å². The third kappa shape index (κ3) is 2.16. The minimum atomic E-state index is -0.190. The van der Waals surface area contributed by atoms with Gasteiger partial charge >= 0.3 is 119 Å². The first-order chi connectivity index (χ1) is 6.93. The molecule has 0 saturated heterocycles. The molecule has 0 radical (unpaired) electrons. The molecule has 0 aliphatic carbocycles. The van der Waals surface area contributed by atoms with Crippen LogP contribution < -0.4 is 13.4 Å². The summed E-state index contributed by atoms with van der Waals surface area (Å²) in [7, 11) is 0. The average molecular weight is 268 g/mol. The number of ether oxygens (including phenoxy) is 1. The van der Waals surface area contributed by atoms with Crippen LogP contribution in [0.3, 0.4) is 0 Å². The molecule has 0 fully saturated rings. The monoisotopic (exact) mass is 268 g/mol. The van der Waals surface area contributed by atoms with E-state index in [2.05, 4.69) is 36.4 Å². The maximum atomic E-state index is 5.81. The molecular weight excluding hydrogens is 258 g/mol. The van der Waals surface area contributed by atoms with Crippen LogP contribution in [-0.2, 0) is 0 Å². The molecule has 70 valence electrons. The standard InChI is InChI=1S/C12H9AsO.Na.H/c1-3-7-11-9(5-1)13-10-6-2-4-8-12(10)14-11;;/h1-8,13H;;. The summed E-state index contributed by atoms with van der Waals surface area (Å²) in [5, 5.41) is 0. The van der Waals surface area contributed by atoms with E-state index in [4.69, 9.17) is 4.74 Å². The van der Waals surface area contributed by atoms with Crippen LogP contribution in [0.5, 0.6) is 11.5 Å². The Labute approximate surface area is 118 Å². The molecule has 0 atom stereocenters. The number of para-hydroxylation sites is 2. The molecule has 2 aromatic rings. The summed E-state index contributed by atoms with van der Waals surface area (Å²) in [5.74, 6) is 2.09. The summed E-state index contributed by atoms with van der Waals surface area (Å²) in [4.78, 5) is 0. The van der Waals surface area contributed by atoms with Crippen molar-refractivity contribution in [1.82, 2.24) is 0 Å². The van der Waals surface area contributed by atoms with Crippen LogP contribution in [0.25, 0.3) is 0 Å². The van der Waals surface area contributed by atoms with E-state index in [0.29, 0.717) is 0 Å². The van der Waals surface area contributed by atoms with Crippen LogP contribution in [0.4, 0.5) is 0 Å². The molecule has 3 heteroatoms. The first-order valence-electron chi connectivity index (χ1n) is 4.56. The SMILES string of the molecule is [NaH].c1ccc2c(c1)Oc1ccccc1[AsH]2. The van der Waals surface area contributed by atoms with Crippen molar-refractivity contribution in [2.24, 2.45) is 0 Å². The Kier molecular flexibility index (Phi) is 3.58. The fraction of sp³-hybridized carbons (Fsp3) is 0. The van der Waals surface area contributed by atoms with Gasteiger partial charge in [-0.2, -0.15) is 0 Å². The minimum absolute atomic E-state index is 0. The molecule has 3 rings (SSSR count). The summed E-state index contributed by atoms with van der Waals surface area (Å²) in [6, 6.07) is 16.7. The summed E-state index contributed by atoms with van der Waals surface area (Å²) < 4.78 is 8.60. The quantitative estimate of drug-likeness (QED) is 0.540. The van der Waals surface area contributed by atoms with E-state index in [1.165, 1.54) is 8.70 Å². The fourth-order valence-electron chi connectivity index (χ4n) is 1.58. The van der Waals surface area contributed by atoms with Crippen molar-refractivity contribution < 1.29 is 4.74 Å². The third-order valence-electron chi connectivity index (χ3n) is 2.26. The van der Waals surface area contributed by atoms with Crippen LogP contribution >= 0.6 is 0 Å². The van der Waals surface area contributed by atoms with E-state index in [1.807, 2.05) is 12.1 Å². The van der Waals surface area contributed by atoms with Crippen molar-refractivity contribution in [3.8, 4) is 11.5 Å². The zero-order chi connectivity index (χ0) is 9.38. The summed E-state index contributed by atoms with van der Waals surface area (Å²) >= 11 is -0.190. The summed E-state index contributed by atoms with van der Waals surface area (Å²) in [6.07, 6.45) is 0. The van der Waals surface area contributed by atoms with E-state index >= 15 is 0 Å². The predicted molar refractivity (Wildman–Crippen MR) is 66.5 cm³/mol. The first kappa shape index (κ1) is 11.3. The Morgan fingerprint density at radius 1 is 0.733 bits per heavy atom. The Bertz CT molecular complexity index is 397. The van der Waals surface area contributed by atoms with Gasteiger partial charge < -0.3 is 0 Å². The van der Waals surface area contributed by atoms with Gasteiger partial charge in [-0.25, -0.2) is 0 Å². The fourth-order valence-corrected chi connectivity index (χ4v) is 4.02. The van der Waals surface area contributed by atoms with Crippen molar-refractivity contribution in [3.05, 3.63) is 48.5 Å². The molecule has 1 aliphatic rings. The first-order valence-corrected chi connectivity index (χ1v) is 6.66. The zero-order valence-electron chi connectivity index (χ0n) is 7.53. The molecule has 1 nitrogen and oxygen atoms in total. The van der Waals surface area contributed by atoms with E-state index < -0.39 is 0 Å². The van der Waals surface area contributed by atoms with Crippen molar-refractivity contribution in [3.63, 3.8) is 0 Å². The van der Waals surface area contributed by atoms with E-state index in [0.717, 1.165) is 11.5 Å². The summed E-state index contributed by atoms with van der Waals surface area (Å²) in [5.41, 5.74) is 0. The Morgan fingerprint density at radius 3 is 1.73 bits per heavy atom. The topological polar surface area (TPSA) is 9.23 Å². The van der Waals surface area contributed by atoms with Crippen molar-refractivity contribution in [2.45, 2.75) is 0 Å². The second-order valence-corrected chi connectivity index (χ2v) is 6.00. The normalized spacial score (nSPS) is 11.7. The van der Waals surface area contributed by atoms with Gasteiger partial charge in [0.2, 0.25) is 0 Å². The Hall–Kier alpha value is -0.202. The molecule has 0 saturated carbocycles. The van der Waals surface area contributed by atoms with Gasteiger partial charge in [-0.05, 0) is 0 Å². The van der Waals surface area contributed by atoms with Gasteiger partial charge in [0.1, 0.15) is 0 Å². The van der Waals surface area contributed by atoms with E-state index in [-0.39, 0.29) is 45.3 Å². The number of hydrogen-bond donors (Lipinski definition) is 0. The van der Waals surface area contributed by atoms with Gasteiger partial charge in [0, 0.05) is 0 Å². The maximum absolute atomic E-state index is 5.81. The average Bonchev–Trinajstić information content (AvgIpc) is 2.26. The number of hydrogen-bond acceptors (Lipinski definition) is 1. The molecule has 0 N–H and O–H groups in total. The molecule has 2 aromatic carbocycles. The van der Waals surface area contributed by atoms with E-state index in [1.54, 1.807) is 0 Å². The molecule has 0 aromatic heterocycles. The van der Waals surface area contributed by atoms with Crippen molar-refractivity contribution in [2.75, 3.05) is 0 Å². The molecule has 1 heterocycles. The molecule has 0 bridgehead atoms. The number of fused-ring (bicyclic) bond motifs is 2. The van der Waals surface area contributed by atoms with Crippen molar-refractivity contribution >= 4 is 54.0 Å². The Morgan fingerprint density at radius 2 is 1.20 bits per heavy atom. The second-order valence-electron chi connectivity index (χ2n) is 3.22. The predicted octanol–water partition coefficient (Wildman–Crippen LogP) is 0.531. The molecule has 0 unspecified atom stereocenters.